The molecule has 1 saturated heterocycles. The number of amides is 1. The number of carbonyl (C=O) groups is 1. The van der Waals surface area contributed by atoms with Crippen molar-refractivity contribution in [2.45, 2.75) is 19.4 Å². The summed E-state index contributed by atoms with van der Waals surface area (Å²) in [6, 6.07) is 8.65. The van der Waals surface area contributed by atoms with Crippen molar-refractivity contribution in [1.82, 2.24) is 14.9 Å². The van der Waals surface area contributed by atoms with Crippen LogP contribution in [0, 0.1) is 0 Å². The second-order valence-corrected chi connectivity index (χ2v) is 8.54. The maximum atomic E-state index is 12.7. The lowest BCUT2D eigenvalue weighted by Crippen LogP contribution is -2.38. The number of sulfone groups is 1. The Labute approximate surface area is 158 Å². The lowest BCUT2D eigenvalue weighted by Gasteiger charge is -2.23. The molecule has 2 heterocycles. The molecule has 1 aliphatic rings. The highest BCUT2D eigenvalue weighted by atomic mass is 32.2. The number of carbonyl (C=O) groups excluding carboxylic acids is 1. The molecule has 1 aromatic carbocycles. The predicted octanol–water partition coefficient (Wildman–Crippen LogP) is 1.88. The fourth-order valence-corrected chi connectivity index (χ4v) is 4.73. The molecule has 0 spiro atoms. The van der Waals surface area contributed by atoms with Crippen molar-refractivity contribution in [3.63, 3.8) is 0 Å². The molecule has 0 aliphatic carbocycles. The van der Waals surface area contributed by atoms with Crippen LogP contribution in [0.3, 0.4) is 0 Å². The van der Waals surface area contributed by atoms with E-state index >= 15 is 0 Å². The number of anilines is 2. The summed E-state index contributed by atoms with van der Waals surface area (Å²) in [7, 11) is -1.46. The average molecular weight is 390 g/mol. The average Bonchev–Trinajstić information content (AvgIpc) is 3.02. The molecule has 2 aromatic rings. The van der Waals surface area contributed by atoms with Crippen LogP contribution in [0.4, 0.5) is 11.5 Å². The van der Waals surface area contributed by atoms with Crippen molar-refractivity contribution in [3.8, 4) is 5.75 Å². The molecular formula is C18H22N4O4S. The van der Waals surface area contributed by atoms with E-state index in [0.717, 1.165) is 5.69 Å². The minimum Gasteiger partial charge on any atom is -0.492 e. The first kappa shape index (κ1) is 19.1. The number of hydrogen-bond donors (Lipinski definition) is 1. The monoisotopic (exact) mass is 390 g/mol. The van der Waals surface area contributed by atoms with E-state index in [-0.39, 0.29) is 29.1 Å². The van der Waals surface area contributed by atoms with Gasteiger partial charge in [-0.25, -0.2) is 18.4 Å². The maximum absolute atomic E-state index is 12.7. The van der Waals surface area contributed by atoms with Crippen molar-refractivity contribution in [2.75, 3.05) is 30.5 Å². The Balaban J connectivity index is 1.77. The van der Waals surface area contributed by atoms with Crippen LogP contribution in [-0.4, -0.2) is 60.4 Å². The third-order valence-electron chi connectivity index (χ3n) is 4.41. The van der Waals surface area contributed by atoms with Crippen molar-refractivity contribution < 1.29 is 17.9 Å². The van der Waals surface area contributed by atoms with Crippen LogP contribution in [0.2, 0.25) is 0 Å². The quantitative estimate of drug-likeness (QED) is 0.803. The van der Waals surface area contributed by atoms with E-state index in [0.29, 0.717) is 24.6 Å². The van der Waals surface area contributed by atoms with Gasteiger partial charge in [0.15, 0.2) is 9.84 Å². The third-order valence-corrected chi connectivity index (χ3v) is 6.16. The number of aromatic nitrogens is 2. The molecule has 1 aromatic heterocycles. The van der Waals surface area contributed by atoms with E-state index in [1.807, 2.05) is 31.2 Å². The molecule has 27 heavy (non-hydrogen) atoms. The number of nitrogens with one attached hydrogen (secondary N) is 1. The molecule has 1 amide bonds. The Bertz CT molecular complexity index is 932. The first-order valence-corrected chi connectivity index (χ1v) is 10.5. The number of ether oxygens (including phenoxy) is 1. The van der Waals surface area contributed by atoms with Crippen LogP contribution < -0.4 is 10.1 Å². The van der Waals surface area contributed by atoms with Crippen LogP contribution in [0.15, 0.2) is 36.7 Å². The second-order valence-electron chi connectivity index (χ2n) is 6.32. The molecular weight excluding hydrogens is 368 g/mol. The Morgan fingerprint density at radius 3 is 2.81 bits per heavy atom. The largest absolute Gasteiger partial charge is 0.492 e. The van der Waals surface area contributed by atoms with Crippen molar-refractivity contribution in [3.05, 3.63) is 42.4 Å². The molecule has 0 radical (unpaired) electrons. The van der Waals surface area contributed by atoms with Crippen molar-refractivity contribution in [1.29, 1.82) is 0 Å². The molecule has 9 heteroatoms. The second kappa shape index (κ2) is 7.91. The molecule has 0 saturated carbocycles. The predicted molar refractivity (Wildman–Crippen MR) is 102 cm³/mol. The van der Waals surface area contributed by atoms with Crippen LogP contribution in [0.5, 0.6) is 5.75 Å². The van der Waals surface area contributed by atoms with Gasteiger partial charge in [-0.2, -0.15) is 0 Å². The summed E-state index contributed by atoms with van der Waals surface area (Å²) in [5.74, 6) is 0.904. The maximum Gasteiger partial charge on any atom is 0.272 e. The highest BCUT2D eigenvalue weighted by Crippen LogP contribution is 2.27. The fourth-order valence-electron chi connectivity index (χ4n) is 2.96. The molecule has 8 nitrogen and oxygen atoms in total. The number of benzene rings is 1. The van der Waals surface area contributed by atoms with Crippen LogP contribution in [0.25, 0.3) is 0 Å². The van der Waals surface area contributed by atoms with Crippen molar-refractivity contribution in [2.24, 2.45) is 0 Å². The van der Waals surface area contributed by atoms with E-state index in [1.165, 1.54) is 11.2 Å². The minimum atomic E-state index is -3.07. The van der Waals surface area contributed by atoms with E-state index in [2.05, 4.69) is 15.3 Å². The van der Waals surface area contributed by atoms with E-state index < -0.39 is 9.84 Å². The summed E-state index contributed by atoms with van der Waals surface area (Å²) in [5, 5.41) is 3.13. The highest BCUT2D eigenvalue weighted by molar-refractivity contribution is 7.91. The lowest BCUT2D eigenvalue weighted by molar-refractivity contribution is 0.0741. The van der Waals surface area contributed by atoms with Crippen LogP contribution in [0.1, 0.15) is 23.8 Å². The van der Waals surface area contributed by atoms with Gasteiger partial charge in [-0.1, -0.05) is 12.1 Å². The summed E-state index contributed by atoms with van der Waals surface area (Å²) in [5.41, 5.74) is 0.930. The smallest absolute Gasteiger partial charge is 0.272 e. The summed E-state index contributed by atoms with van der Waals surface area (Å²) in [6.07, 6.45) is 1.75. The highest BCUT2D eigenvalue weighted by Gasteiger charge is 2.33. The van der Waals surface area contributed by atoms with Crippen LogP contribution in [-0.2, 0) is 9.84 Å². The van der Waals surface area contributed by atoms with Gasteiger partial charge in [0.25, 0.3) is 5.91 Å². The molecule has 1 N–H and O–H groups in total. The number of rotatable bonds is 6. The van der Waals surface area contributed by atoms with E-state index in [1.54, 1.807) is 13.1 Å². The fraction of sp³-hybridized carbons (Fsp3) is 0.389. The summed E-state index contributed by atoms with van der Waals surface area (Å²) in [6.45, 7) is 2.43. The Morgan fingerprint density at radius 2 is 2.11 bits per heavy atom. The molecule has 1 aliphatic heterocycles. The molecule has 1 atom stereocenters. The number of hydrogen-bond acceptors (Lipinski definition) is 7. The van der Waals surface area contributed by atoms with E-state index in [9.17, 15) is 13.2 Å². The number of para-hydroxylation sites is 2. The first-order valence-electron chi connectivity index (χ1n) is 8.68. The molecule has 144 valence electrons. The molecule has 0 bridgehead atoms. The minimum absolute atomic E-state index is 0.00678. The van der Waals surface area contributed by atoms with Crippen LogP contribution >= 0.6 is 0 Å². The third kappa shape index (κ3) is 4.54. The van der Waals surface area contributed by atoms with E-state index in [4.69, 9.17) is 4.74 Å². The topological polar surface area (TPSA) is 101 Å². The number of nitrogens with zero attached hydrogens (tertiary/aromatic N) is 3. The standard InChI is InChI=1S/C18H22N4O4S/c1-3-26-16-7-5-4-6-14(16)21-17-10-15(19-12-20-17)18(23)22(2)13-8-9-27(24,25)11-13/h4-7,10,12-13H,3,8-9,11H2,1-2H3,(H,19,20,21). The molecule has 1 fully saturated rings. The molecule has 3 rings (SSSR count). The zero-order chi connectivity index (χ0) is 19.4. The SMILES string of the molecule is CCOc1ccccc1Nc1cc(C(=O)N(C)C2CCS(=O)(=O)C2)ncn1. The zero-order valence-electron chi connectivity index (χ0n) is 15.3. The van der Waals surface area contributed by atoms with Gasteiger partial charge in [0.05, 0.1) is 23.8 Å². The van der Waals surface area contributed by atoms with Gasteiger partial charge in [0, 0.05) is 19.2 Å². The van der Waals surface area contributed by atoms with Gasteiger partial charge in [0.1, 0.15) is 23.6 Å². The normalized spacial score (nSPS) is 18.1. The molecule has 1 unspecified atom stereocenters. The summed E-state index contributed by atoms with van der Waals surface area (Å²) < 4.78 is 28.9. The van der Waals surface area contributed by atoms with Gasteiger partial charge in [-0.3, -0.25) is 4.79 Å². The summed E-state index contributed by atoms with van der Waals surface area (Å²) in [4.78, 5) is 22.4. The Hall–Kier alpha value is -2.68. The van der Waals surface area contributed by atoms with Gasteiger partial charge in [0.2, 0.25) is 0 Å². The van der Waals surface area contributed by atoms with Gasteiger partial charge >= 0.3 is 0 Å². The Morgan fingerprint density at radius 1 is 1.33 bits per heavy atom. The van der Waals surface area contributed by atoms with Crippen molar-refractivity contribution >= 4 is 27.2 Å². The Kier molecular flexibility index (Phi) is 5.59. The van der Waals surface area contributed by atoms with Gasteiger partial charge < -0.3 is 15.0 Å². The van der Waals surface area contributed by atoms with Gasteiger partial charge in [-0.05, 0) is 25.5 Å². The first-order chi connectivity index (χ1) is 12.9. The van der Waals surface area contributed by atoms with Gasteiger partial charge in [-0.15, -0.1) is 0 Å². The lowest BCUT2D eigenvalue weighted by atomic mass is 10.2. The zero-order valence-corrected chi connectivity index (χ0v) is 16.1. The summed E-state index contributed by atoms with van der Waals surface area (Å²) >= 11 is 0.